The van der Waals surface area contributed by atoms with Gasteiger partial charge >= 0.3 is 0 Å². The number of hydrogen-bond acceptors (Lipinski definition) is 3. The molecule has 27 heavy (non-hydrogen) atoms. The van der Waals surface area contributed by atoms with Crippen LogP contribution in [-0.2, 0) is 0 Å². The summed E-state index contributed by atoms with van der Waals surface area (Å²) in [4.78, 5) is 21.8. The molecule has 0 spiro atoms. The van der Waals surface area contributed by atoms with Crippen LogP contribution in [-0.4, -0.2) is 41.0 Å². The zero-order chi connectivity index (χ0) is 19.0. The standard InChI is InChI=1S/C20H19Cl2N3O2/c1-27-14-2-3-17-15(10-14)16(11-23-17)12-4-6-25(7-5-12)20(26)13-8-18(21)24-19(22)9-13/h2-3,8-12,23H,4-7H2,1H3. The molecule has 0 aliphatic carbocycles. The van der Waals surface area contributed by atoms with Crippen molar-refractivity contribution in [3.8, 4) is 5.75 Å². The van der Waals surface area contributed by atoms with E-state index in [9.17, 15) is 4.79 Å². The Morgan fingerprint density at radius 2 is 1.89 bits per heavy atom. The van der Waals surface area contributed by atoms with Crippen LogP contribution in [0.2, 0.25) is 10.3 Å². The third-order valence-electron chi connectivity index (χ3n) is 5.15. The van der Waals surface area contributed by atoms with Gasteiger partial charge in [0.25, 0.3) is 5.91 Å². The van der Waals surface area contributed by atoms with E-state index in [0.29, 0.717) is 24.6 Å². The van der Waals surface area contributed by atoms with Gasteiger partial charge in [0.2, 0.25) is 0 Å². The number of likely N-dealkylation sites (tertiary alicyclic amines) is 1. The predicted molar refractivity (Wildman–Crippen MR) is 107 cm³/mol. The first-order valence-corrected chi connectivity index (χ1v) is 9.58. The van der Waals surface area contributed by atoms with Crippen LogP contribution < -0.4 is 4.74 Å². The van der Waals surface area contributed by atoms with Crippen LogP contribution in [0.5, 0.6) is 5.75 Å². The van der Waals surface area contributed by atoms with Crippen LogP contribution in [0.3, 0.4) is 0 Å². The van der Waals surface area contributed by atoms with Crippen molar-refractivity contribution < 1.29 is 9.53 Å². The van der Waals surface area contributed by atoms with Crippen molar-refractivity contribution in [3.05, 3.63) is 58.0 Å². The maximum absolute atomic E-state index is 12.8. The number of aromatic amines is 1. The number of rotatable bonds is 3. The zero-order valence-corrected chi connectivity index (χ0v) is 16.3. The molecule has 4 rings (SSSR count). The molecule has 7 heteroatoms. The summed E-state index contributed by atoms with van der Waals surface area (Å²) in [5.74, 6) is 1.20. The van der Waals surface area contributed by atoms with E-state index in [4.69, 9.17) is 27.9 Å². The van der Waals surface area contributed by atoms with Gasteiger partial charge in [-0.15, -0.1) is 0 Å². The first-order valence-electron chi connectivity index (χ1n) is 8.82. The van der Waals surface area contributed by atoms with E-state index >= 15 is 0 Å². The summed E-state index contributed by atoms with van der Waals surface area (Å²) in [5, 5.41) is 1.65. The summed E-state index contributed by atoms with van der Waals surface area (Å²) in [6.07, 6.45) is 3.89. The lowest BCUT2D eigenvalue weighted by atomic mass is 9.89. The average Bonchev–Trinajstić information content (AvgIpc) is 3.10. The number of halogens is 2. The Kier molecular flexibility index (Phi) is 4.98. The minimum absolute atomic E-state index is 0.0553. The zero-order valence-electron chi connectivity index (χ0n) is 14.8. The predicted octanol–water partition coefficient (Wildman–Crippen LogP) is 4.90. The number of amides is 1. The smallest absolute Gasteiger partial charge is 0.254 e. The monoisotopic (exact) mass is 403 g/mol. The Bertz CT molecular complexity index is 974. The molecule has 1 fully saturated rings. The van der Waals surface area contributed by atoms with Gasteiger partial charge in [-0.1, -0.05) is 23.2 Å². The number of H-pyrrole nitrogens is 1. The number of fused-ring (bicyclic) bond motifs is 1. The maximum atomic E-state index is 12.8. The fraction of sp³-hybridized carbons (Fsp3) is 0.300. The summed E-state index contributed by atoms with van der Waals surface area (Å²) in [6, 6.07) is 9.18. The number of benzene rings is 1. The Morgan fingerprint density at radius 1 is 1.19 bits per heavy atom. The molecule has 0 bridgehead atoms. The van der Waals surface area contributed by atoms with Crippen LogP contribution in [0.4, 0.5) is 0 Å². The molecule has 1 amide bonds. The second-order valence-corrected chi connectivity index (χ2v) is 7.50. The topological polar surface area (TPSA) is 58.2 Å². The van der Waals surface area contributed by atoms with Crippen molar-refractivity contribution in [2.24, 2.45) is 0 Å². The maximum Gasteiger partial charge on any atom is 0.254 e. The highest BCUT2D eigenvalue weighted by atomic mass is 35.5. The summed E-state index contributed by atoms with van der Waals surface area (Å²) >= 11 is 11.8. The van der Waals surface area contributed by atoms with E-state index < -0.39 is 0 Å². The molecule has 1 aliphatic heterocycles. The Balaban J connectivity index is 1.50. The van der Waals surface area contributed by atoms with Crippen molar-refractivity contribution >= 4 is 40.0 Å². The van der Waals surface area contributed by atoms with Gasteiger partial charge in [0.05, 0.1) is 7.11 Å². The molecular formula is C20H19Cl2N3O2. The molecule has 1 N–H and O–H groups in total. The van der Waals surface area contributed by atoms with Crippen molar-refractivity contribution in [2.75, 3.05) is 20.2 Å². The fourth-order valence-electron chi connectivity index (χ4n) is 3.75. The molecule has 3 aromatic rings. The van der Waals surface area contributed by atoms with E-state index in [-0.39, 0.29) is 16.2 Å². The van der Waals surface area contributed by atoms with E-state index in [0.717, 1.165) is 24.1 Å². The van der Waals surface area contributed by atoms with Gasteiger partial charge < -0.3 is 14.6 Å². The normalized spacial score (nSPS) is 15.3. The Morgan fingerprint density at radius 3 is 2.56 bits per heavy atom. The molecular weight excluding hydrogens is 385 g/mol. The molecule has 2 aromatic heterocycles. The lowest BCUT2D eigenvalue weighted by molar-refractivity contribution is 0.0713. The van der Waals surface area contributed by atoms with E-state index in [1.165, 1.54) is 10.9 Å². The quantitative estimate of drug-likeness (QED) is 0.632. The van der Waals surface area contributed by atoms with Gasteiger partial charge in [-0.05, 0) is 54.7 Å². The molecule has 5 nitrogen and oxygen atoms in total. The molecule has 0 unspecified atom stereocenters. The van der Waals surface area contributed by atoms with Gasteiger partial charge in [-0.3, -0.25) is 4.79 Å². The van der Waals surface area contributed by atoms with Crippen molar-refractivity contribution in [2.45, 2.75) is 18.8 Å². The number of piperidine rings is 1. The minimum Gasteiger partial charge on any atom is -0.497 e. The van der Waals surface area contributed by atoms with Gasteiger partial charge in [-0.25, -0.2) is 4.98 Å². The lowest BCUT2D eigenvalue weighted by Crippen LogP contribution is -2.37. The molecule has 0 radical (unpaired) electrons. The molecule has 1 saturated heterocycles. The molecule has 0 atom stereocenters. The number of methoxy groups -OCH3 is 1. The number of carbonyl (C=O) groups is 1. The van der Waals surface area contributed by atoms with Crippen LogP contribution in [0, 0.1) is 0 Å². The minimum atomic E-state index is -0.0553. The van der Waals surface area contributed by atoms with Crippen molar-refractivity contribution in [3.63, 3.8) is 0 Å². The third-order valence-corrected chi connectivity index (χ3v) is 5.54. The molecule has 0 saturated carbocycles. The second kappa shape index (κ2) is 7.41. The summed E-state index contributed by atoms with van der Waals surface area (Å²) in [6.45, 7) is 1.38. The number of nitrogens with one attached hydrogen (secondary N) is 1. The Labute approximate surface area is 167 Å². The Hall–Kier alpha value is -2.24. The first kappa shape index (κ1) is 18.1. The van der Waals surface area contributed by atoms with E-state index in [1.54, 1.807) is 19.2 Å². The highest BCUT2D eigenvalue weighted by Crippen LogP contribution is 2.35. The molecule has 3 heterocycles. The van der Waals surface area contributed by atoms with Gasteiger partial charge in [-0.2, -0.15) is 0 Å². The number of carbonyl (C=O) groups excluding carboxylic acids is 1. The van der Waals surface area contributed by atoms with E-state index in [2.05, 4.69) is 22.2 Å². The number of pyridine rings is 1. The number of hydrogen-bond donors (Lipinski definition) is 1. The van der Waals surface area contributed by atoms with Crippen LogP contribution >= 0.6 is 23.2 Å². The number of ether oxygens (including phenoxy) is 1. The number of nitrogens with zero attached hydrogens (tertiary/aromatic N) is 2. The van der Waals surface area contributed by atoms with Crippen molar-refractivity contribution in [1.29, 1.82) is 0 Å². The van der Waals surface area contributed by atoms with Gasteiger partial charge in [0.15, 0.2) is 0 Å². The fourth-order valence-corrected chi connectivity index (χ4v) is 4.21. The summed E-state index contributed by atoms with van der Waals surface area (Å²) in [5.41, 5.74) is 2.87. The number of aromatic nitrogens is 2. The van der Waals surface area contributed by atoms with Gasteiger partial charge in [0, 0.05) is 35.8 Å². The van der Waals surface area contributed by atoms with Crippen molar-refractivity contribution in [1.82, 2.24) is 14.9 Å². The first-order chi connectivity index (χ1) is 13.0. The summed E-state index contributed by atoms with van der Waals surface area (Å²) < 4.78 is 5.36. The lowest BCUT2D eigenvalue weighted by Gasteiger charge is -2.32. The average molecular weight is 404 g/mol. The highest BCUT2D eigenvalue weighted by molar-refractivity contribution is 6.33. The second-order valence-electron chi connectivity index (χ2n) is 6.72. The molecule has 1 aliphatic rings. The van der Waals surface area contributed by atoms with Crippen LogP contribution in [0.25, 0.3) is 10.9 Å². The largest absolute Gasteiger partial charge is 0.497 e. The molecule has 140 valence electrons. The highest BCUT2D eigenvalue weighted by Gasteiger charge is 2.26. The molecule has 1 aromatic carbocycles. The van der Waals surface area contributed by atoms with Gasteiger partial charge in [0.1, 0.15) is 16.1 Å². The third kappa shape index (κ3) is 3.62. The SMILES string of the molecule is COc1ccc2[nH]cc(C3CCN(C(=O)c4cc(Cl)nc(Cl)c4)CC3)c2c1. The summed E-state index contributed by atoms with van der Waals surface area (Å²) in [7, 11) is 1.68. The van der Waals surface area contributed by atoms with Crippen LogP contribution in [0.1, 0.15) is 34.7 Å². The van der Waals surface area contributed by atoms with E-state index in [1.807, 2.05) is 17.0 Å². The van der Waals surface area contributed by atoms with Crippen LogP contribution in [0.15, 0.2) is 36.5 Å².